The maximum atomic E-state index is 9.53. The molecule has 0 radical (unpaired) electrons. The van der Waals surface area contributed by atoms with Gasteiger partial charge in [-0.25, -0.2) is 4.68 Å². The molecule has 5 heteroatoms. The average Bonchev–Trinajstić information content (AvgIpc) is 3.18. The maximum absolute atomic E-state index is 9.53. The van der Waals surface area contributed by atoms with Gasteiger partial charge in [0.15, 0.2) is 0 Å². The van der Waals surface area contributed by atoms with Crippen LogP contribution in [0.2, 0.25) is 0 Å². The zero-order valence-corrected chi connectivity index (χ0v) is 14.9. The molecule has 0 amide bonds. The molecule has 0 spiro atoms. The van der Waals surface area contributed by atoms with Crippen molar-refractivity contribution < 1.29 is 0 Å². The van der Waals surface area contributed by atoms with Gasteiger partial charge in [-0.2, -0.15) is 10.4 Å². The van der Waals surface area contributed by atoms with E-state index >= 15 is 0 Å². The Hall–Kier alpha value is -3.13. The number of hydrogen-bond donors (Lipinski definition) is 0. The molecule has 0 saturated heterocycles. The van der Waals surface area contributed by atoms with Gasteiger partial charge in [0.2, 0.25) is 0 Å². The summed E-state index contributed by atoms with van der Waals surface area (Å²) in [5, 5.41) is 14.0. The lowest BCUT2D eigenvalue weighted by Crippen LogP contribution is -2.11. The first-order chi connectivity index (χ1) is 12.0. The third-order valence-corrected chi connectivity index (χ3v) is 4.20. The SMILES string of the molecule is Cc1cc(/C=C(\C#N)c2ccccn2)c(C)n1-c1ccnn1C(C)C. The fraction of sp³-hybridized carbons (Fsp3) is 0.250. The summed E-state index contributed by atoms with van der Waals surface area (Å²) in [6.07, 6.45) is 5.42. The predicted octanol–water partition coefficient (Wildman–Crippen LogP) is 4.33. The molecule has 0 aliphatic carbocycles. The van der Waals surface area contributed by atoms with Crippen molar-refractivity contribution in [3.8, 4) is 11.9 Å². The molecule has 0 saturated carbocycles. The summed E-state index contributed by atoms with van der Waals surface area (Å²) in [5.74, 6) is 1.03. The van der Waals surface area contributed by atoms with Crippen molar-refractivity contribution in [2.75, 3.05) is 0 Å². The Balaban J connectivity index is 2.10. The van der Waals surface area contributed by atoms with E-state index < -0.39 is 0 Å². The first-order valence-corrected chi connectivity index (χ1v) is 8.29. The van der Waals surface area contributed by atoms with Crippen molar-refractivity contribution in [1.29, 1.82) is 5.26 Å². The van der Waals surface area contributed by atoms with Gasteiger partial charge >= 0.3 is 0 Å². The Bertz CT molecular complexity index is 952. The highest BCUT2D eigenvalue weighted by atomic mass is 15.3. The van der Waals surface area contributed by atoms with Crippen LogP contribution >= 0.6 is 0 Å². The molecule has 3 aromatic heterocycles. The van der Waals surface area contributed by atoms with Crippen LogP contribution in [0.1, 0.15) is 42.5 Å². The zero-order chi connectivity index (χ0) is 18.0. The van der Waals surface area contributed by atoms with E-state index in [0.717, 1.165) is 22.8 Å². The average molecular weight is 331 g/mol. The molecule has 0 bridgehead atoms. The van der Waals surface area contributed by atoms with Crippen LogP contribution < -0.4 is 0 Å². The minimum absolute atomic E-state index is 0.272. The lowest BCUT2D eigenvalue weighted by atomic mass is 10.1. The molecule has 0 aliphatic heterocycles. The second-order valence-electron chi connectivity index (χ2n) is 6.27. The molecule has 0 fully saturated rings. The number of nitriles is 1. The minimum Gasteiger partial charge on any atom is -0.303 e. The highest BCUT2D eigenvalue weighted by molar-refractivity contribution is 5.88. The predicted molar refractivity (Wildman–Crippen MR) is 99.1 cm³/mol. The van der Waals surface area contributed by atoms with Crippen LogP contribution in [-0.2, 0) is 0 Å². The molecule has 126 valence electrons. The van der Waals surface area contributed by atoms with E-state index in [-0.39, 0.29) is 6.04 Å². The van der Waals surface area contributed by atoms with Crippen molar-refractivity contribution in [1.82, 2.24) is 19.3 Å². The van der Waals surface area contributed by atoms with Crippen LogP contribution in [0.25, 0.3) is 17.5 Å². The number of pyridine rings is 1. The molecule has 0 aliphatic rings. The Labute approximate surface area is 147 Å². The fourth-order valence-corrected chi connectivity index (χ4v) is 3.01. The molecule has 0 N–H and O–H groups in total. The first-order valence-electron chi connectivity index (χ1n) is 8.29. The summed E-state index contributed by atoms with van der Waals surface area (Å²) in [6, 6.07) is 12.2. The maximum Gasteiger partial charge on any atom is 0.135 e. The van der Waals surface area contributed by atoms with E-state index in [1.807, 2.05) is 41.2 Å². The lowest BCUT2D eigenvalue weighted by Gasteiger charge is -2.15. The monoisotopic (exact) mass is 331 g/mol. The second-order valence-corrected chi connectivity index (χ2v) is 6.27. The van der Waals surface area contributed by atoms with Crippen LogP contribution in [-0.4, -0.2) is 19.3 Å². The van der Waals surface area contributed by atoms with E-state index in [1.54, 1.807) is 6.20 Å². The number of nitrogens with zero attached hydrogens (tertiary/aromatic N) is 5. The topological polar surface area (TPSA) is 59.4 Å². The summed E-state index contributed by atoms with van der Waals surface area (Å²) in [7, 11) is 0. The van der Waals surface area contributed by atoms with Crippen molar-refractivity contribution in [3.05, 3.63) is 65.4 Å². The molecule has 3 rings (SSSR count). The molecule has 3 aromatic rings. The van der Waals surface area contributed by atoms with Crippen molar-refractivity contribution >= 4 is 11.6 Å². The Morgan fingerprint density at radius 1 is 1.20 bits per heavy atom. The summed E-state index contributed by atoms with van der Waals surface area (Å²) in [5.41, 5.74) is 4.42. The van der Waals surface area contributed by atoms with Crippen LogP contribution in [0, 0.1) is 25.2 Å². The number of allylic oxidation sites excluding steroid dienone is 1. The Kier molecular flexibility index (Phi) is 4.53. The van der Waals surface area contributed by atoms with Crippen molar-refractivity contribution in [2.24, 2.45) is 0 Å². The van der Waals surface area contributed by atoms with Crippen molar-refractivity contribution in [2.45, 2.75) is 33.7 Å². The summed E-state index contributed by atoms with van der Waals surface area (Å²) >= 11 is 0. The lowest BCUT2D eigenvalue weighted by molar-refractivity contribution is 0.519. The third-order valence-electron chi connectivity index (χ3n) is 4.20. The fourth-order valence-electron chi connectivity index (χ4n) is 3.01. The zero-order valence-electron chi connectivity index (χ0n) is 14.9. The summed E-state index contributed by atoms with van der Waals surface area (Å²) in [4.78, 5) is 4.28. The van der Waals surface area contributed by atoms with Crippen LogP contribution in [0.5, 0.6) is 0 Å². The minimum atomic E-state index is 0.272. The standard InChI is InChI=1S/C20H21N5/c1-14(2)25-20(8-10-23-25)24-15(3)11-17(16(24)4)12-18(13-21)19-7-5-6-9-22-19/h5-12,14H,1-4H3/b18-12+. The molecular formula is C20H21N5. The van der Waals surface area contributed by atoms with Gasteiger partial charge in [-0.05, 0) is 57.5 Å². The largest absolute Gasteiger partial charge is 0.303 e. The Morgan fingerprint density at radius 3 is 2.64 bits per heavy atom. The molecule has 3 heterocycles. The van der Waals surface area contributed by atoms with Gasteiger partial charge in [0.1, 0.15) is 11.9 Å². The van der Waals surface area contributed by atoms with Gasteiger partial charge < -0.3 is 4.57 Å². The smallest absolute Gasteiger partial charge is 0.135 e. The molecule has 0 unspecified atom stereocenters. The van der Waals surface area contributed by atoms with E-state index in [9.17, 15) is 5.26 Å². The van der Waals surface area contributed by atoms with Gasteiger partial charge in [-0.15, -0.1) is 0 Å². The number of aromatic nitrogens is 4. The summed E-state index contributed by atoms with van der Waals surface area (Å²) < 4.78 is 4.17. The van der Waals surface area contributed by atoms with Crippen LogP contribution in [0.3, 0.4) is 0 Å². The van der Waals surface area contributed by atoms with Crippen LogP contribution in [0.15, 0.2) is 42.7 Å². The Morgan fingerprint density at radius 2 is 2.00 bits per heavy atom. The normalized spacial score (nSPS) is 11.8. The van der Waals surface area contributed by atoms with E-state index in [0.29, 0.717) is 11.3 Å². The summed E-state index contributed by atoms with van der Waals surface area (Å²) in [6.45, 7) is 8.35. The van der Waals surface area contributed by atoms with Gasteiger partial charge in [0, 0.05) is 29.7 Å². The third kappa shape index (κ3) is 3.11. The highest BCUT2D eigenvalue weighted by Crippen LogP contribution is 2.25. The van der Waals surface area contributed by atoms with Gasteiger partial charge in [-0.1, -0.05) is 6.07 Å². The van der Waals surface area contributed by atoms with E-state index in [1.165, 1.54) is 0 Å². The molecule has 5 nitrogen and oxygen atoms in total. The highest BCUT2D eigenvalue weighted by Gasteiger charge is 2.15. The quantitative estimate of drug-likeness (QED) is 0.669. The molecule has 25 heavy (non-hydrogen) atoms. The molecular weight excluding hydrogens is 310 g/mol. The van der Waals surface area contributed by atoms with Crippen molar-refractivity contribution in [3.63, 3.8) is 0 Å². The number of hydrogen-bond acceptors (Lipinski definition) is 3. The molecule has 0 aromatic carbocycles. The first kappa shape index (κ1) is 16.7. The van der Waals surface area contributed by atoms with E-state index in [2.05, 4.69) is 54.5 Å². The second kappa shape index (κ2) is 6.78. The van der Waals surface area contributed by atoms with Crippen LogP contribution in [0.4, 0.5) is 0 Å². The van der Waals surface area contributed by atoms with Gasteiger partial charge in [0.05, 0.1) is 17.5 Å². The number of rotatable bonds is 4. The van der Waals surface area contributed by atoms with Gasteiger partial charge in [0.25, 0.3) is 0 Å². The van der Waals surface area contributed by atoms with E-state index in [4.69, 9.17) is 0 Å². The van der Waals surface area contributed by atoms with Gasteiger partial charge in [-0.3, -0.25) is 4.98 Å². The molecule has 0 atom stereocenters. The number of aryl methyl sites for hydroxylation is 1.